The van der Waals surface area contributed by atoms with Crippen molar-refractivity contribution in [3.8, 4) is 57.5 Å². The molecule has 6 aliphatic rings. The molecule has 0 fully saturated rings. The highest BCUT2D eigenvalue weighted by molar-refractivity contribution is 5.72. The Kier molecular flexibility index (Phi) is 6.86. The summed E-state index contributed by atoms with van der Waals surface area (Å²) in [6, 6.07) is 13.3. The van der Waals surface area contributed by atoms with Crippen molar-refractivity contribution in [2.45, 2.75) is 49.4 Å². The van der Waals surface area contributed by atoms with Gasteiger partial charge in [-0.25, -0.2) is 0 Å². The van der Waals surface area contributed by atoms with Crippen LogP contribution in [0.15, 0.2) is 36.4 Å². The molecule has 9 bridgehead atoms. The summed E-state index contributed by atoms with van der Waals surface area (Å²) in [4.78, 5) is 0. The van der Waals surface area contributed by atoms with Crippen LogP contribution in [-0.2, 0) is 25.7 Å². The second kappa shape index (κ2) is 11.0. The highest BCUT2D eigenvalue weighted by atomic mass is 16.6. The first kappa shape index (κ1) is 31.1. The summed E-state index contributed by atoms with van der Waals surface area (Å²) in [5, 5.41) is 0. The van der Waals surface area contributed by atoms with Gasteiger partial charge in [0.25, 0.3) is 0 Å². The summed E-state index contributed by atoms with van der Waals surface area (Å²) in [7, 11) is 13.6. The molecule has 260 valence electrons. The molecule has 4 unspecified atom stereocenters. The van der Waals surface area contributed by atoms with Gasteiger partial charge in [-0.3, -0.25) is 0 Å². The third-order valence-corrected chi connectivity index (χ3v) is 12.6. The molecule has 0 radical (unpaired) electrons. The van der Waals surface area contributed by atoms with E-state index in [1.165, 1.54) is 33.4 Å². The average molecular weight is 679 g/mol. The molecule has 4 aromatic rings. The van der Waals surface area contributed by atoms with Crippen molar-refractivity contribution >= 4 is 0 Å². The van der Waals surface area contributed by atoms with E-state index >= 15 is 0 Å². The molecule has 9 nitrogen and oxygen atoms in total. The molecular formula is C41H42O9. The lowest BCUT2D eigenvalue weighted by atomic mass is 9.37. The van der Waals surface area contributed by atoms with E-state index in [2.05, 4.69) is 36.4 Å². The van der Waals surface area contributed by atoms with Gasteiger partial charge in [-0.2, -0.15) is 0 Å². The summed E-state index contributed by atoms with van der Waals surface area (Å²) in [6.45, 7) is 0. The van der Waals surface area contributed by atoms with Crippen LogP contribution in [0.2, 0.25) is 0 Å². The van der Waals surface area contributed by atoms with Crippen molar-refractivity contribution in [3.05, 3.63) is 80.9 Å². The zero-order chi connectivity index (χ0) is 34.6. The molecular weight excluding hydrogens is 636 g/mol. The predicted molar refractivity (Wildman–Crippen MR) is 186 cm³/mol. The third kappa shape index (κ3) is 3.73. The third-order valence-electron chi connectivity index (χ3n) is 12.6. The maximum Gasteiger partial charge on any atom is 0.204 e. The zero-order valence-electron chi connectivity index (χ0n) is 29.8. The Hall–Kier alpha value is -4.92. The lowest BCUT2D eigenvalue weighted by molar-refractivity contribution is 0.0333. The van der Waals surface area contributed by atoms with E-state index in [4.69, 9.17) is 42.6 Å². The Balaban J connectivity index is 1.45. The van der Waals surface area contributed by atoms with Crippen molar-refractivity contribution in [2.75, 3.05) is 56.9 Å². The topological polar surface area (TPSA) is 83.1 Å². The fraction of sp³-hybridized carbons (Fsp3) is 0.415. The van der Waals surface area contributed by atoms with Crippen LogP contribution in [0.5, 0.6) is 57.5 Å². The van der Waals surface area contributed by atoms with Crippen LogP contribution < -0.4 is 42.6 Å². The van der Waals surface area contributed by atoms with Crippen molar-refractivity contribution in [1.29, 1.82) is 0 Å². The van der Waals surface area contributed by atoms with Crippen LogP contribution in [0.3, 0.4) is 0 Å². The first-order valence-corrected chi connectivity index (χ1v) is 17.1. The largest absolute Gasteiger partial charge is 0.493 e. The van der Waals surface area contributed by atoms with Gasteiger partial charge in [-0.15, -0.1) is 0 Å². The predicted octanol–water partition coefficient (Wildman–Crippen LogP) is 7.51. The van der Waals surface area contributed by atoms with E-state index in [1.54, 1.807) is 56.9 Å². The Labute approximate surface area is 292 Å². The summed E-state index contributed by atoms with van der Waals surface area (Å²) in [5.74, 6) is 7.22. The number of hydrogen-bond donors (Lipinski definition) is 0. The van der Waals surface area contributed by atoms with E-state index < -0.39 is 0 Å². The van der Waals surface area contributed by atoms with Crippen molar-refractivity contribution in [3.63, 3.8) is 0 Å². The highest BCUT2D eigenvalue weighted by Gasteiger charge is 2.66. The molecule has 4 aromatic carbocycles. The van der Waals surface area contributed by atoms with E-state index in [0.29, 0.717) is 34.5 Å². The van der Waals surface area contributed by atoms with E-state index in [9.17, 15) is 0 Å². The molecule has 0 N–H and O–H groups in total. The maximum atomic E-state index is 7.23. The zero-order valence-corrected chi connectivity index (χ0v) is 29.8. The summed E-state index contributed by atoms with van der Waals surface area (Å²) < 4.78 is 55.2. The van der Waals surface area contributed by atoms with Gasteiger partial charge in [0.15, 0.2) is 46.0 Å². The van der Waals surface area contributed by atoms with Crippen molar-refractivity contribution in [2.24, 2.45) is 5.41 Å². The fourth-order valence-electron chi connectivity index (χ4n) is 10.8. The smallest absolute Gasteiger partial charge is 0.204 e. The van der Waals surface area contributed by atoms with Gasteiger partial charge in [-0.1, -0.05) is 0 Å². The second-order valence-corrected chi connectivity index (χ2v) is 14.0. The van der Waals surface area contributed by atoms with Gasteiger partial charge < -0.3 is 42.6 Å². The Bertz CT molecular complexity index is 1940. The number of rotatable bonds is 8. The SMILES string of the molecule is COc1cc2c(cc1OC)C1Cc3c4cc(OC)c(OC)c3Oc3c5c(cc(OC)c3OC)C3Cc6cc(OC)c(OC)cc6C(C5)C13C4C2. The van der Waals surface area contributed by atoms with Gasteiger partial charge in [-0.05, 0) is 125 Å². The number of hydrogen-bond acceptors (Lipinski definition) is 9. The van der Waals surface area contributed by atoms with Crippen LogP contribution in [-0.4, -0.2) is 56.9 Å². The second-order valence-electron chi connectivity index (χ2n) is 14.0. The monoisotopic (exact) mass is 678 g/mol. The Morgan fingerprint density at radius 3 is 1.12 bits per heavy atom. The standard InChI is InChI=1S/C41H42O9/c1-42-31-11-19-9-27-23-17-35(46-5)39(48-7)37-25(23)13-29(21(19)15-33(31)44-3)41(27)28-10-20-12-32(43-2)34(45-4)16-22(20)30(41)14-26-24(28)18-36(47-6)40(49-8)38(26)50-37/h11-12,15-18,27-30H,9-10,13-14H2,1-8H3. The molecule has 10 rings (SSSR count). The maximum absolute atomic E-state index is 7.23. The minimum absolute atomic E-state index is 0.114. The van der Waals surface area contributed by atoms with Crippen LogP contribution in [0.1, 0.15) is 68.2 Å². The Morgan fingerprint density at radius 2 is 0.760 bits per heavy atom. The van der Waals surface area contributed by atoms with Crippen LogP contribution in [0.25, 0.3) is 0 Å². The molecule has 0 saturated carbocycles. The summed E-state index contributed by atoms with van der Waals surface area (Å²) in [5.41, 5.74) is 9.70. The van der Waals surface area contributed by atoms with Crippen LogP contribution in [0, 0.1) is 5.41 Å². The number of benzene rings is 4. The first-order valence-electron chi connectivity index (χ1n) is 17.1. The van der Waals surface area contributed by atoms with Gasteiger partial charge in [0.05, 0.1) is 56.9 Å². The average Bonchev–Trinajstić information content (AvgIpc) is 3.14. The normalized spacial score (nSPS) is 23.9. The van der Waals surface area contributed by atoms with Gasteiger partial charge in [0.1, 0.15) is 0 Å². The molecule has 0 amide bonds. The molecule has 0 saturated heterocycles. The summed E-state index contributed by atoms with van der Waals surface area (Å²) >= 11 is 0. The molecule has 4 atom stereocenters. The molecule has 0 aromatic heterocycles. The van der Waals surface area contributed by atoms with Crippen molar-refractivity contribution < 1.29 is 42.6 Å². The molecule has 2 heterocycles. The number of fused-ring (bicyclic) bond motifs is 3. The van der Waals surface area contributed by atoms with Crippen molar-refractivity contribution in [1.82, 2.24) is 0 Å². The summed E-state index contributed by atoms with van der Waals surface area (Å²) in [6.07, 6.45) is 3.13. The van der Waals surface area contributed by atoms with E-state index in [0.717, 1.165) is 59.8 Å². The molecule has 2 aliphatic heterocycles. The minimum atomic E-state index is -0.232. The molecule has 9 heteroatoms. The quantitative estimate of drug-likeness (QED) is 0.188. The van der Waals surface area contributed by atoms with Crippen LogP contribution in [0.4, 0.5) is 0 Å². The molecule has 4 aliphatic carbocycles. The first-order chi connectivity index (χ1) is 24.4. The minimum Gasteiger partial charge on any atom is -0.493 e. The Morgan fingerprint density at radius 1 is 0.420 bits per heavy atom. The molecule has 1 spiro atoms. The van der Waals surface area contributed by atoms with Gasteiger partial charge in [0.2, 0.25) is 11.5 Å². The number of methoxy groups -OCH3 is 8. The number of ether oxygens (including phenoxy) is 9. The van der Waals surface area contributed by atoms with Crippen LogP contribution >= 0.6 is 0 Å². The lowest BCUT2D eigenvalue weighted by Gasteiger charge is -2.66. The van der Waals surface area contributed by atoms with Gasteiger partial charge >= 0.3 is 0 Å². The fourth-order valence-corrected chi connectivity index (χ4v) is 10.8. The van der Waals surface area contributed by atoms with E-state index in [-0.39, 0.29) is 29.1 Å². The highest BCUT2D eigenvalue weighted by Crippen LogP contribution is 2.77. The molecule has 50 heavy (non-hydrogen) atoms. The van der Waals surface area contributed by atoms with Gasteiger partial charge in [0, 0.05) is 11.1 Å². The van der Waals surface area contributed by atoms with E-state index in [1.807, 2.05) is 0 Å². The lowest BCUT2D eigenvalue weighted by Crippen LogP contribution is -2.57.